The average Bonchev–Trinajstić information content (AvgIpc) is 3.20. The number of fused-ring (bicyclic) bond motifs is 1. The maximum atomic E-state index is 13.6. The number of pyridine rings is 1. The molecule has 4 aromatic rings. The molecule has 30 heavy (non-hydrogen) atoms. The second-order valence-electron chi connectivity index (χ2n) is 6.38. The van der Waals surface area contributed by atoms with E-state index in [1.165, 1.54) is 25.3 Å². The third kappa shape index (κ3) is 3.22. The quantitative estimate of drug-likeness (QED) is 0.449. The molecule has 0 aliphatic heterocycles. The summed E-state index contributed by atoms with van der Waals surface area (Å²) >= 11 is 0. The first-order chi connectivity index (χ1) is 14.6. The Kier molecular flexibility index (Phi) is 5.05. The molecule has 2 aromatic carbocycles. The highest BCUT2D eigenvalue weighted by Crippen LogP contribution is 2.34. The number of halogens is 1. The van der Waals surface area contributed by atoms with E-state index >= 15 is 0 Å². The molecule has 8 heteroatoms. The maximum absolute atomic E-state index is 13.6. The van der Waals surface area contributed by atoms with Crippen molar-refractivity contribution in [3.05, 3.63) is 60.2 Å². The molecule has 0 amide bonds. The van der Waals surface area contributed by atoms with Crippen LogP contribution in [0, 0.1) is 5.82 Å². The fourth-order valence-electron chi connectivity index (χ4n) is 3.28. The molecular weight excluding hydrogens is 389 g/mol. The average molecular weight is 407 g/mol. The zero-order valence-corrected chi connectivity index (χ0v) is 16.5. The molecule has 0 aliphatic carbocycles. The summed E-state index contributed by atoms with van der Waals surface area (Å²) in [6.45, 7) is 0. The Labute approximate surface area is 171 Å². The third-order valence-corrected chi connectivity index (χ3v) is 4.76. The topological polar surface area (TPSA) is 75.5 Å². The largest absolute Gasteiger partial charge is 0.496 e. The molecule has 2 aromatic heterocycles. The van der Waals surface area contributed by atoms with Crippen molar-refractivity contribution < 1.29 is 23.4 Å². The SMILES string of the molecule is COc1cc2ncn(-c3ccc(C=O)c(-c4ccc(F)cc4OC)n3)c2cc1OC. The fraction of sp³-hybridized carbons (Fsp3) is 0.136. The van der Waals surface area contributed by atoms with E-state index in [0.717, 1.165) is 5.52 Å². The van der Waals surface area contributed by atoms with Gasteiger partial charge < -0.3 is 14.2 Å². The number of aldehydes is 1. The second kappa shape index (κ2) is 7.82. The number of carbonyl (C=O) groups is 1. The van der Waals surface area contributed by atoms with Gasteiger partial charge in [0.1, 0.15) is 23.7 Å². The van der Waals surface area contributed by atoms with Gasteiger partial charge in [-0.25, -0.2) is 14.4 Å². The third-order valence-electron chi connectivity index (χ3n) is 4.76. The smallest absolute Gasteiger partial charge is 0.163 e. The van der Waals surface area contributed by atoms with E-state index in [0.29, 0.717) is 45.9 Å². The van der Waals surface area contributed by atoms with E-state index in [4.69, 9.17) is 14.2 Å². The summed E-state index contributed by atoms with van der Waals surface area (Å²) < 4.78 is 31.4. The van der Waals surface area contributed by atoms with Crippen molar-refractivity contribution in [3.63, 3.8) is 0 Å². The van der Waals surface area contributed by atoms with Crippen LogP contribution >= 0.6 is 0 Å². The Morgan fingerprint density at radius 3 is 2.37 bits per heavy atom. The van der Waals surface area contributed by atoms with Crippen LogP contribution in [0.15, 0.2) is 48.8 Å². The standard InChI is InChI=1S/C22H18FN3O4/c1-28-18-8-14(23)5-6-15(18)22-13(11-27)4-7-21(25-22)26-12-24-16-9-19(29-2)20(30-3)10-17(16)26/h4-12H,1-3H3. The molecule has 0 aliphatic rings. The Morgan fingerprint density at radius 1 is 0.933 bits per heavy atom. The first kappa shape index (κ1) is 19.4. The molecule has 2 heterocycles. The van der Waals surface area contributed by atoms with Gasteiger partial charge in [0.05, 0.1) is 38.1 Å². The zero-order chi connectivity index (χ0) is 21.3. The number of rotatable bonds is 6. The molecule has 0 radical (unpaired) electrons. The van der Waals surface area contributed by atoms with Crippen LogP contribution in [0.1, 0.15) is 10.4 Å². The van der Waals surface area contributed by atoms with Crippen molar-refractivity contribution in [2.24, 2.45) is 0 Å². The Morgan fingerprint density at radius 2 is 1.67 bits per heavy atom. The molecule has 0 saturated heterocycles. The van der Waals surface area contributed by atoms with Crippen LogP contribution in [0.3, 0.4) is 0 Å². The van der Waals surface area contributed by atoms with Crippen molar-refractivity contribution in [1.29, 1.82) is 0 Å². The molecule has 0 saturated carbocycles. The van der Waals surface area contributed by atoms with Crippen molar-refractivity contribution in [3.8, 4) is 34.3 Å². The van der Waals surface area contributed by atoms with Gasteiger partial charge in [0.25, 0.3) is 0 Å². The summed E-state index contributed by atoms with van der Waals surface area (Å²) in [5.74, 6) is 1.48. The number of hydrogen-bond acceptors (Lipinski definition) is 6. The number of ether oxygens (including phenoxy) is 3. The highest BCUT2D eigenvalue weighted by Gasteiger charge is 2.17. The molecule has 7 nitrogen and oxygen atoms in total. The molecular formula is C22H18FN3O4. The number of hydrogen-bond donors (Lipinski definition) is 0. The van der Waals surface area contributed by atoms with E-state index in [1.807, 2.05) is 0 Å². The van der Waals surface area contributed by atoms with E-state index in [9.17, 15) is 9.18 Å². The van der Waals surface area contributed by atoms with Crippen LogP contribution < -0.4 is 14.2 Å². The lowest BCUT2D eigenvalue weighted by molar-refractivity contribution is 0.112. The molecule has 0 bridgehead atoms. The molecule has 152 valence electrons. The molecule has 0 fully saturated rings. The van der Waals surface area contributed by atoms with Crippen LogP contribution in [-0.2, 0) is 0 Å². The van der Waals surface area contributed by atoms with Crippen LogP contribution in [-0.4, -0.2) is 42.2 Å². The Bertz CT molecular complexity index is 1250. The van der Waals surface area contributed by atoms with Crippen molar-refractivity contribution in [1.82, 2.24) is 14.5 Å². The minimum atomic E-state index is -0.443. The van der Waals surface area contributed by atoms with Gasteiger partial charge in [-0.3, -0.25) is 9.36 Å². The molecule has 0 spiro atoms. The number of nitrogens with zero attached hydrogens (tertiary/aromatic N) is 3. The summed E-state index contributed by atoms with van der Waals surface area (Å²) in [6, 6.07) is 11.0. The number of imidazole rings is 1. The lowest BCUT2D eigenvalue weighted by Gasteiger charge is -2.13. The number of methoxy groups -OCH3 is 3. The number of benzene rings is 2. The number of aromatic nitrogens is 3. The summed E-state index contributed by atoms with van der Waals surface area (Å²) in [6.07, 6.45) is 2.33. The lowest BCUT2D eigenvalue weighted by Crippen LogP contribution is -2.02. The van der Waals surface area contributed by atoms with Crippen molar-refractivity contribution >= 4 is 17.3 Å². The van der Waals surface area contributed by atoms with Gasteiger partial charge in [0, 0.05) is 29.3 Å². The number of carbonyl (C=O) groups excluding carboxylic acids is 1. The second-order valence-corrected chi connectivity index (χ2v) is 6.38. The van der Waals surface area contributed by atoms with Crippen molar-refractivity contribution in [2.45, 2.75) is 0 Å². The van der Waals surface area contributed by atoms with Gasteiger partial charge in [-0.1, -0.05) is 0 Å². The highest BCUT2D eigenvalue weighted by molar-refractivity contribution is 5.88. The maximum Gasteiger partial charge on any atom is 0.163 e. The highest BCUT2D eigenvalue weighted by atomic mass is 19.1. The monoisotopic (exact) mass is 407 g/mol. The predicted octanol–water partition coefficient (Wildman–Crippen LogP) is 4.06. The van der Waals surface area contributed by atoms with E-state index in [-0.39, 0.29) is 5.75 Å². The van der Waals surface area contributed by atoms with Gasteiger partial charge in [-0.2, -0.15) is 0 Å². The van der Waals surface area contributed by atoms with E-state index in [2.05, 4.69) is 9.97 Å². The first-order valence-electron chi connectivity index (χ1n) is 8.99. The molecule has 0 atom stereocenters. The van der Waals surface area contributed by atoms with Crippen LogP contribution in [0.25, 0.3) is 28.1 Å². The van der Waals surface area contributed by atoms with Gasteiger partial charge in [-0.05, 0) is 24.3 Å². The lowest BCUT2D eigenvalue weighted by atomic mass is 10.1. The molecule has 0 unspecified atom stereocenters. The summed E-state index contributed by atoms with van der Waals surface area (Å²) in [4.78, 5) is 20.7. The zero-order valence-electron chi connectivity index (χ0n) is 16.5. The van der Waals surface area contributed by atoms with Gasteiger partial charge in [0.2, 0.25) is 0 Å². The van der Waals surface area contributed by atoms with Crippen LogP contribution in [0.2, 0.25) is 0 Å². The van der Waals surface area contributed by atoms with Crippen LogP contribution in [0.4, 0.5) is 4.39 Å². The first-order valence-corrected chi connectivity index (χ1v) is 8.99. The Balaban J connectivity index is 1.92. The van der Waals surface area contributed by atoms with E-state index < -0.39 is 5.82 Å². The minimum absolute atomic E-state index is 0.282. The van der Waals surface area contributed by atoms with E-state index in [1.54, 1.807) is 49.4 Å². The summed E-state index contributed by atoms with van der Waals surface area (Å²) in [7, 11) is 4.55. The normalized spacial score (nSPS) is 10.8. The van der Waals surface area contributed by atoms with Gasteiger partial charge in [0.15, 0.2) is 17.8 Å². The summed E-state index contributed by atoms with van der Waals surface area (Å²) in [5.41, 5.74) is 2.67. The minimum Gasteiger partial charge on any atom is -0.496 e. The van der Waals surface area contributed by atoms with Gasteiger partial charge in [-0.15, -0.1) is 0 Å². The molecule has 4 rings (SSSR count). The molecule has 0 N–H and O–H groups in total. The van der Waals surface area contributed by atoms with Crippen LogP contribution in [0.5, 0.6) is 17.2 Å². The van der Waals surface area contributed by atoms with Gasteiger partial charge >= 0.3 is 0 Å². The van der Waals surface area contributed by atoms with Crippen molar-refractivity contribution in [2.75, 3.05) is 21.3 Å². The summed E-state index contributed by atoms with van der Waals surface area (Å²) in [5, 5.41) is 0. The Hall–Kier alpha value is -3.94. The fourth-order valence-corrected chi connectivity index (χ4v) is 3.28. The predicted molar refractivity (Wildman–Crippen MR) is 109 cm³/mol.